The van der Waals surface area contributed by atoms with Crippen LogP contribution in [0, 0.1) is 0 Å². The van der Waals surface area contributed by atoms with E-state index in [1.807, 2.05) is 12.1 Å². The maximum Gasteiger partial charge on any atom is 0.0499 e. The van der Waals surface area contributed by atoms with Crippen LogP contribution in [0.25, 0.3) is 0 Å². The quantitative estimate of drug-likeness (QED) is 0.733. The van der Waals surface area contributed by atoms with Crippen molar-refractivity contribution in [1.82, 2.24) is 0 Å². The van der Waals surface area contributed by atoms with Gasteiger partial charge in [0.2, 0.25) is 0 Å². The fourth-order valence-electron chi connectivity index (χ4n) is 2.07. The molecule has 0 amide bonds. The molecule has 0 radical (unpaired) electrons. The summed E-state index contributed by atoms with van der Waals surface area (Å²) in [6.45, 7) is 0.259. The smallest absolute Gasteiger partial charge is 0.0499 e. The van der Waals surface area contributed by atoms with E-state index in [1.165, 1.54) is 17.5 Å². The molecule has 1 atom stereocenters. The van der Waals surface area contributed by atoms with Gasteiger partial charge < -0.3 is 5.11 Å². The zero-order valence-electron chi connectivity index (χ0n) is 7.46. The predicted molar refractivity (Wildman–Crippen MR) is 54.2 cm³/mol. The average Bonchev–Trinajstić information content (AvgIpc) is 2.16. The molecule has 2 heteroatoms. The molecule has 0 heterocycles. The van der Waals surface area contributed by atoms with E-state index in [1.54, 1.807) is 0 Å². The number of halogens is 1. The topological polar surface area (TPSA) is 20.2 Å². The van der Waals surface area contributed by atoms with Crippen molar-refractivity contribution in [3.8, 4) is 0 Å². The number of hydrogen-bond acceptors (Lipinski definition) is 1. The molecule has 1 unspecified atom stereocenters. The van der Waals surface area contributed by atoms with Gasteiger partial charge in [-0.05, 0) is 42.5 Å². The molecule has 1 aliphatic rings. The summed E-state index contributed by atoms with van der Waals surface area (Å²) in [6.07, 6.45) is 3.37. The fourth-order valence-corrected chi connectivity index (χ4v) is 2.27. The Labute approximate surface area is 83.3 Å². The summed E-state index contributed by atoms with van der Waals surface area (Å²) in [7, 11) is 0. The highest BCUT2D eigenvalue weighted by Gasteiger charge is 2.18. The normalized spacial score (nSPS) is 21.2. The van der Waals surface area contributed by atoms with E-state index in [0.717, 1.165) is 17.9 Å². The first-order valence-corrected chi connectivity index (χ1v) is 5.08. The number of benzene rings is 1. The lowest BCUT2D eigenvalue weighted by atomic mass is 9.83. The first-order chi connectivity index (χ1) is 6.31. The van der Waals surface area contributed by atoms with E-state index in [4.69, 9.17) is 11.6 Å². The van der Waals surface area contributed by atoms with Gasteiger partial charge in [-0.3, -0.25) is 0 Å². The van der Waals surface area contributed by atoms with Gasteiger partial charge in [-0.1, -0.05) is 17.7 Å². The monoisotopic (exact) mass is 196 g/mol. The Hall–Kier alpha value is -0.530. The van der Waals surface area contributed by atoms with Gasteiger partial charge in [0.05, 0.1) is 0 Å². The maximum absolute atomic E-state index is 9.17. The Morgan fingerprint density at radius 2 is 2.31 bits per heavy atom. The molecule has 1 aromatic carbocycles. The van der Waals surface area contributed by atoms with Gasteiger partial charge in [-0.15, -0.1) is 0 Å². The fraction of sp³-hybridized carbons (Fsp3) is 0.455. The van der Waals surface area contributed by atoms with Crippen LogP contribution in [0.2, 0.25) is 5.02 Å². The molecule has 13 heavy (non-hydrogen) atoms. The molecule has 1 nitrogen and oxygen atoms in total. The second-order valence-corrected chi connectivity index (χ2v) is 4.05. The van der Waals surface area contributed by atoms with Crippen LogP contribution in [0.3, 0.4) is 0 Å². The largest absolute Gasteiger partial charge is 0.396 e. The van der Waals surface area contributed by atoms with E-state index in [2.05, 4.69) is 6.07 Å². The number of rotatable bonds is 1. The molecule has 1 aliphatic carbocycles. The maximum atomic E-state index is 9.17. The average molecular weight is 197 g/mol. The Morgan fingerprint density at radius 3 is 3.08 bits per heavy atom. The SMILES string of the molecule is OCC1CCCc2cc(Cl)ccc21. The van der Waals surface area contributed by atoms with E-state index in [9.17, 15) is 5.11 Å². The van der Waals surface area contributed by atoms with Gasteiger partial charge in [0.25, 0.3) is 0 Å². The predicted octanol–water partition coefficient (Wildman–Crippen LogP) is 2.75. The highest BCUT2D eigenvalue weighted by molar-refractivity contribution is 6.30. The minimum atomic E-state index is 0.259. The third kappa shape index (κ3) is 1.72. The van der Waals surface area contributed by atoms with Gasteiger partial charge in [0, 0.05) is 17.5 Å². The second kappa shape index (κ2) is 3.69. The van der Waals surface area contributed by atoms with Crippen molar-refractivity contribution in [2.24, 2.45) is 0 Å². The first-order valence-electron chi connectivity index (χ1n) is 4.70. The van der Waals surface area contributed by atoms with Crippen LogP contribution in [0.4, 0.5) is 0 Å². The molecule has 0 saturated heterocycles. The van der Waals surface area contributed by atoms with Crippen LogP contribution >= 0.6 is 11.6 Å². The first kappa shape index (κ1) is 9.04. The van der Waals surface area contributed by atoms with Gasteiger partial charge >= 0.3 is 0 Å². The summed E-state index contributed by atoms with van der Waals surface area (Å²) in [5, 5.41) is 9.98. The second-order valence-electron chi connectivity index (χ2n) is 3.61. The Bertz CT molecular complexity index is 309. The summed E-state index contributed by atoms with van der Waals surface area (Å²) in [6, 6.07) is 5.99. The number of aliphatic hydroxyl groups excluding tert-OH is 1. The molecule has 70 valence electrons. The Balaban J connectivity index is 2.40. The minimum absolute atomic E-state index is 0.259. The van der Waals surface area contributed by atoms with Crippen LogP contribution in [-0.4, -0.2) is 11.7 Å². The van der Waals surface area contributed by atoms with Crippen LogP contribution in [0.5, 0.6) is 0 Å². The number of aryl methyl sites for hydroxylation is 1. The van der Waals surface area contributed by atoms with Crippen LogP contribution < -0.4 is 0 Å². The standard InChI is InChI=1S/C11H13ClO/c12-10-4-5-11-8(6-10)2-1-3-9(11)7-13/h4-6,9,13H,1-3,7H2. The zero-order chi connectivity index (χ0) is 9.26. The molecular formula is C11H13ClO. The van der Waals surface area contributed by atoms with E-state index < -0.39 is 0 Å². The molecular weight excluding hydrogens is 184 g/mol. The van der Waals surface area contributed by atoms with Gasteiger partial charge in [0.1, 0.15) is 0 Å². The highest BCUT2D eigenvalue weighted by atomic mass is 35.5. The van der Waals surface area contributed by atoms with Crippen molar-refractivity contribution >= 4 is 11.6 Å². The lowest BCUT2D eigenvalue weighted by Crippen LogP contribution is -2.12. The van der Waals surface area contributed by atoms with Crippen molar-refractivity contribution in [3.05, 3.63) is 34.3 Å². The molecule has 2 rings (SSSR count). The summed E-state index contributed by atoms with van der Waals surface area (Å²) in [4.78, 5) is 0. The zero-order valence-corrected chi connectivity index (χ0v) is 8.22. The molecule has 0 bridgehead atoms. The number of fused-ring (bicyclic) bond motifs is 1. The molecule has 0 spiro atoms. The third-order valence-electron chi connectivity index (χ3n) is 2.76. The van der Waals surface area contributed by atoms with Crippen molar-refractivity contribution < 1.29 is 5.11 Å². The Kier molecular flexibility index (Phi) is 2.56. The highest BCUT2D eigenvalue weighted by Crippen LogP contribution is 2.32. The van der Waals surface area contributed by atoms with Crippen molar-refractivity contribution in [1.29, 1.82) is 0 Å². The van der Waals surface area contributed by atoms with E-state index in [-0.39, 0.29) is 6.61 Å². The summed E-state index contributed by atoms with van der Waals surface area (Å²) >= 11 is 5.91. The Morgan fingerprint density at radius 1 is 1.46 bits per heavy atom. The van der Waals surface area contributed by atoms with Gasteiger partial charge in [-0.2, -0.15) is 0 Å². The van der Waals surface area contributed by atoms with Crippen LogP contribution in [0.1, 0.15) is 29.9 Å². The summed E-state index contributed by atoms with van der Waals surface area (Å²) < 4.78 is 0. The lowest BCUT2D eigenvalue weighted by molar-refractivity contribution is 0.253. The molecule has 1 N–H and O–H groups in total. The molecule has 0 fully saturated rings. The van der Waals surface area contributed by atoms with Crippen molar-refractivity contribution in [2.45, 2.75) is 25.2 Å². The van der Waals surface area contributed by atoms with Crippen molar-refractivity contribution in [2.75, 3.05) is 6.61 Å². The van der Waals surface area contributed by atoms with E-state index >= 15 is 0 Å². The van der Waals surface area contributed by atoms with Crippen LogP contribution in [-0.2, 0) is 6.42 Å². The third-order valence-corrected chi connectivity index (χ3v) is 3.00. The molecule has 1 aromatic rings. The lowest BCUT2D eigenvalue weighted by Gasteiger charge is -2.23. The molecule has 0 aromatic heterocycles. The van der Waals surface area contributed by atoms with Gasteiger partial charge in [-0.25, -0.2) is 0 Å². The number of hydrogen-bond donors (Lipinski definition) is 1. The van der Waals surface area contributed by atoms with Crippen molar-refractivity contribution in [3.63, 3.8) is 0 Å². The molecule has 0 saturated carbocycles. The minimum Gasteiger partial charge on any atom is -0.396 e. The summed E-state index contributed by atoms with van der Waals surface area (Å²) in [5.41, 5.74) is 2.61. The number of aliphatic hydroxyl groups is 1. The molecule has 0 aliphatic heterocycles. The van der Waals surface area contributed by atoms with Gasteiger partial charge in [0.15, 0.2) is 0 Å². The van der Waals surface area contributed by atoms with E-state index in [0.29, 0.717) is 5.92 Å². The van der Waals surface area contributed by atoms with Crippen LogP contribution in [0.15, 0.2) is 18.2 Å². The summed E-state index contributed by atoms with van der Waals surface area (Å²) in [5.74, 6) is 0.334.